The summed E-state index contributed by atoms with van der Waals surface area (Å²) in [5, 5.41) is 42.4. The SMILES string of the molecule is C#C[Si](C)(C)C.C#Cc1nc(NCc2ccccc2)c2ncn([C@@H]3O[C@H](CO)[C@@H](O)[C@@H]3F)c2n1.C#Cc1nc(NCc2ccccc2)c2ncn([C@@H]3O[C@H](COP(=O)(O)CP(=O)(O)O)[C@@H](O)[C@@H]3F)c2n1.CC[C@H]1O[C@@H](n2cnc3c(NCc4ccccc4)nc(C#C[Si](C)(C)C)nc32)[C@@H](F)[C@@H]1C.CC[C@H]1O[C@@H](n2cnc3c(NCc4ccccc4)nc(Cl)nc32)[C@@H](F)[C@@H]1C.O=P(Cl)(Cl)CP(=O)(Cl)Cl. The van der Waals surface area contributed by atoms with Gasteiger partial charge in [-0.3, -0.25) is 36.5 Å². The fraction of sp³-hybridized carbons (Fsp3) is 0.409. The molecular formula is C88H103Cl5F4N20O15P4Si2. The van der Waals surface area contributed by atoms with Crippen molar-refractivity contribution >= 4 is 168 Å². The number of imidazole rings is 4. The maximum Gasteiger partial charge on any atom is 0.340 e. The van der Waals surface area contributed by atoms with E-state index in [0.717, 1.165) is 35.1 Å². The topological polar surface area (TPSA) is 458 Å². The van der Waals surface area contributed by atoms with Crippen LogP contribution in [0.5, 0.6) is 0 Å². The van der Waals surface area contributed by atoms with Crippen LogP contribution in [0.4, 0.5) is 40.8 Å². The summed E-state index contributed by atoms with van der Waals surface area (Å²) in [6, 6.07) is 39.1. The zero-order valence-corrected chi connectivity index (χ0v) is 85.5. The van der Waals surface area contributed by atoms with E-state index in [4.69, 9.17) is 105 Å². The van der Waals surface area contributed by atoms with Crippen molar-refractivity contribution in [1.82, 2.24) is 78.1 Å². The summed E-state index contributed by atoms with van der Waals surface area (Å²) in [5.74, 6) is 1.07. The average molecular weight is 2110 g/mol. The number of alkyl halides is 4. The maximum absolute atomic E-state index is 15.1. The molecule has 35 nitrogen and oxygen atoms in total. The van der Waals surface area contributed by atoms with E-state index < -0.39 is 142 Å². The van der Waals surface area contributed by atoms with Gasteiger partial charge in [-0.1, -0.05) is 188 Å². The summed E-state index contributed by atoms with van der Waals surface area (Å²) in [4.78, 5) is 79.7. The van der Waals surface area contributed by atoms with Gasteiger partial charge in [-0.25, -0.2) is 67.4 Å². The molecule has 736 valence electrons. The van der Waals surface area contributed by atoms with E-state index in [1.165, 1.54) is 21.8 Å². The molecule has 12 heterocycles. The predicted molar refractivity (Wildman–Crippen MR) is 529 cm³/mol. The number of aliphatic hydroxyl groups is 3. The molecule has 0 bridgehead atoms. The van der Waals surface area contributed by atoms with Gasteiger partial charge in [0.2, 0.25) is 22.8 Å². The van der Waals surface area contributed by atoms with Crippen LogP contribution < -0.4 is 21.3 Å². The first-order valence-corrected chi connectivity index (χ1v) is 61.4. The first-order valence-electron chi connectivity index (χ1n) is 43.0. The van der Waals surface area contributed by atoms with Crippen molar-refractivity contribution in [3.63, 3.8) is 0 Å². The highest BCUT2D eigenvalue weighted by Gasteiger charge is 2.50. The van der Waals surface area contributed by atoms with Crippen LogP contribution in [0.25, 0.3) is 44.7 Å². The zero-order chi connectivity index (χ0) is 101. The highest BCUT2D eigenvalue weighted by Crippen LogP contribution is 2.72. The number of benzene rings is 4. The van der Waals surface area contributed by atoms with E-state index in [0.29, 0.717) is 83.1 Å². The molecule has 0 aliphatic carbocycles. The van der Waals surface area contributed by atoms with E-state index in [1.54, 1.807) is 21.8 Å². The number of anilines is 4. The van der Waals surface area contributed by atoms with Crippen LogP contribution in [-0.4, -0.2) is 211 Å². The lowest BCUT2D eigenvalue weighted by Gasteiger charge is -2.18. The zero-order valence-electron chi connectivity index (χ0n) is 76.1. The van der Waals surface area contributed by atoms with Crippen molar-refractivity contribution in [3.8, 4) is 48.1 Å². The third-order valence-corrected chi connectivity index (χ3v) is 33.1. The van der Waals surface area contributed by atoms with Crippen molar-refractivity contribution in [3.05, 3.63) is 192 Å². The second-order valence-electron chi connectivity index (χ2n) is 34.1. The van der Waals surface area contributed by atoms with Crippen LogP contribution in [0.2, 0.25) is 44.6 Å². The molecule has 10 N–H and O–H groups in total. The molecule has 4 fully saturated rings. The van der Waals surface area contributed by atoms with Crippen LogP contribution in [0.1, 0.15) is 105 Å². The van der Waals surface area contributed by atoms with Gasteiger partial charge in [0.15, 0.2) is 123 Å². The summed E-state index contributed by atoms with van der Waals surface area (Å²) >= 11 is 26.1. The Morgan fingerprint density at radius 3 is 1.04 bits per heavy atom. The Morgan fingerprint density at radius 2 is 0.754 bits per heavy atom. The lowest BCUT2D eigenvalue weighted by molar-refractivity contribution is -0.0459. The molecule has 16 rings (SSSR count). The number of terminal acetylenes is 3. The lowest BCUT2D eigenvalue weighted by Crippen LogP contribution is -2.31. The minimum atomic E-state index is -4.86. The fourth-order valence-corrected chi connectivity index (χ4v) is 26.4. The number of hydrogen-bond donors (Lipinski definition) is 10. The molecule has 0 radical (unpaired) electrons. The number of rotatable bonds is 26. The molecule has 4 aliphatic rings. The minimum absolute atomic E-state index is 0.00713. The molecule has 4 saturated heterocycles. The van der Waals surface area contributed by atoms with Crippen LogP contribution >= 0.6 is 83.5 Å². The van der Waals surface area contributed by atoms with E-state index >= 15 is 8.78 Å². The molecule has 17 atom stereocenters. The lowest BCUT2D eigenvalue weighted by atomic mass is 10.00. The van der Waals surface area contributed by atoms with Crippen LogP contribution in [0.3, 0.4) is 0 Å². The smallest absolute Gasteiger partial charge is 0.340 e. The van der Waals surface area contributed by atoms with Gasteiger partial charge < -0.3 is 74.7 Å². The van der Waals surface area contributed by atoms with Crippen molar-refractivity contribution in [1.29, 1.82) is 0 Å². The van der Waals surface area contributed by atoms with E-state index in [1.807, 2.05) is 149 Å². The highest BCUT2D eigenvalue weighted by molar-refractivity contribution is 8.21. The second kappa shape index (κ2) is 47.9. The minimum Gasteiger partial charge on any atom is -0.394 e. The molecule has 8 aromatic heterocycles. The van der Waals surface area contributed by atoms with Gasteiger partial charge >= 0.3 is 15.2 Å². The van der Waals surface area contributed by atoms with Gasteiger partial charge in [-0.05, 0) is 109 Å². The predicted octanol–water partition coefficient (Wildman–Crippen LogP) is 17.5. The highest BCUT2D eigenvalue weighted by atomic mass is 35.9. The quantitative estimate of drug-likeness (QED) is 0.00791. The number of hydrogen-bond acceptors (Lipinski definition) is 28. The largest absolute Gasteiger partial charge is 0.394 e. The number of ether oxygens (including phenoxy) is 4. The van der Waals surface area contributed by atoms with Gasteiger partial charge in [-0.15, -0.1) is 30.4 Å². The van der Waals surface area contributed by atoms with Crippen LogP contribution in [0.15, 0.2) is 147 Å². The monoisotopic (exact) mass is 2110 g/mol. The Hall–Kier alpha value is -9.40. The number of aromatic nitrogens is 16. The standard InChI is InChI=1S/C24H30FN5OSi.C20H22FN5O8P2.C19H21ClFN5O.C19H18FN5O3.C5H10Si.CH2Cl4O2P2/c1-6-18-16(2)20(25)24(31-18)30-15-27-21-22(26-14-17-10-8-7-9-11-17)28-19(29-23(21)30)12-13-32(3,4)5;1-2-14-24-18(22-8-12-6-4-3-5-7-12)16-19(25-14)26(10-23-16)20-15(21)17(27)13(34-20)9-33-36(31,32)11-35(28,29)30;1-3-13-11(2)14(21)18(27-13)26-10-23-15-16(24-19(20)25-17(15)26)22-9-12-7-5-4-6-8-12;1-2-13-23-17(21-8-11-6-4-3-5-7-11)15-18(24-13)25(10-22-15)19-14(20)16(27)12(9-26)28-19;1-5-6(2,3)4;2-8(3,6)1-9(4,5)7/h7-11,15-16,18,20,24H,6,14H2,1-5H3,(H,26,28,29);1,3-7,10,13,15,17,20,27H,8-9,11H2,(H,31,32)(H,22,24,25)(H2,28,29,30);4-8,10-11,13-14,18H,3,9H2,1-2H3,(H,22,24,25);1,3-7,10,12,14,16,19,26-27H,8-9H2,(H,21,23,24);1H,2-4H3;1H2/t16-,18-,20+,24-;13-,15+,17-,20-;11-,13-,14+,18-;12-,14+,16-,19-;;/m1111../s1. The first-order chi connectivity index (χ1) is 65.2. The Balaban J connectivity index is 0.000000168. The molecular weight excluding hydrogens is 2010 g/mol. The van der Waals surface area contributed by atoms with Gasteiger partial charge in [0.25, 0.3) is 11.7 Å². The first kappa shape index (κ1) is 109. The van der Waals surface area contributed by atoms with Crippen molar-refractivity contribution < 1.29 is 89.3 Å². The normalized spacial score (nSPS) is 22.8. The summed E-state index contributed by atoms with van der Waals surface area (Å²) < 4.78 is 137. The van der Waals surface area contributed by atoms with E-state index in [2.05, 4.69) is 154 Å². The molecule has 0 saturated carbocycles. The van der Waals surface area contributed by atoms with E-state index in [9.17, 15) is 47.3 Å². The Morgan fingerprint density at radius 1 is 0.449 bits per heavy atom. The molecule has 1 unspecified atom stereocenters. The molecule has 0 amide bonds. The van der Waals surface area contributed by atoms with Crippen molar-refractivity contribution in [2.45, 2.75) is 192 Å². The van der Waals surface area contributed by atoms with Crippen LogP contribution in [-0.2, 0) is 67.9 Å². The molecule has 4 aliphatic heterocycles. The number of nitrogens with one attached hydrogen (secondary N) is 4. The Bertz CT molecular complexity index is 6560. The molecule has 12 aromatic rings. The number of nitrogens with zero attached hydrogens (tertiary/aromatic N) is 16. The third-order valence-electron chi connectivity index (χ3n) is 21.3. The van der Waals surface area contributed by atoms with Crippen molar-refractivity contribution in [2.75, 3.05) is 46.3 Å². The average Bonchev–Trinajstić information content (AvgIpc) is 1.63. The summed E-state index contributed by atoms with van der Waals surface area (Å²) in [6.07, 6.45) is 7.18. The van der Waals surface area contributed by atoms with Crippen LogP contribution in [0, 0.1) is 60.0 Å². The summed E-state index contributed by atoms with van der Waals surface area (Å²) in [6.45, 7) is 21.4. The summed E-state index contributed by atoms with van der Waals surface area (Å²) in [5.41, 5.74) is 13.4. The van der Waals surface area contributed by atoms with Gasteiger partial charge in [-0.2, -0.15) is 9.97 Å². The summed E-state index contributed by atoms with van der Waals surface area (Å²) in [7, 11) is -12.3. The molecule has 138 heavy (non-hydrogen) atoms. The fourth-order valence-electron chi connectivity index (χ4n) is 14.3. The third kappa shape index (κ3) is 29.6. The Kier molecular flexibility index (Phi) is 37.8. The van der Waals surface area contributed by atoms with Crippen molar-refractivity contribution in [2.24, 2.45) is 11.8 Å². The van der Waals surface area contributed by atoms with Gasteiger partial charge in [0, 0.05) is 38.0 Å². The van der Waals surface area contributed by atoms with Gasteiger partial charge in [0.05, 0.1) is 50.7 Å². The molecule has 50 heteroatoms. The molecule has 0 spiro atoms. The number of fused-ring (bicyclic) bond motifs is 4. The van der Waals surface area contributed by atoms with Gasteiger partial charge in [0.1, 0.15) is 46.5 Å². The maximum atomic E-state index is 15.1. The van der Waals surface area contributed by atoms with E-state index in [-0.39, 0.29) is 57.8 Å². The number of halogens is 9. The Labute approximate surface area is 819 Å². The number of aliphatic hydroxyl groups excluding tert-OH is 3. The second-order valence-corrected chi connectivity index (χ2v) is 59.0. The molecule has 4 aromatic carbocycles.